The van der Waals surface area contributed by atoms with Crippen LogP contribution in [0, 0.1) is 24.6 Å². The Morgan fingerprint density at radius 3 is 2.79 bits per heavy atom. The number of aromatic nitrogens is 4. The second kappa shape index (κ2) is 8.15. The fourth-order valence-electron chi connectivity index (χ4n) is 3.12. The third-order valence-corrected chi connectivity index (χ3v) is 4.29. The Morgan fingerprint density at radius 1 is 1.34 bits per heavy atom. The van der Waals surface area contributed by atoms with Gasteiger partial charge in [0.1, 0.15) is 17.0 Å². The van der Waals surface area contributed by atoms with Crippen LogP contribution < -0.4 is 5.73 Å². The van der Waals surface area contributed by atoms with Gasteiger partial charge in [-0.05, 0) is 39.2 Å². The number of nitrogens with two attached hydrogens (primary N) is 1. The summed E-state index contributed by atoms with van der Waals surface area (Å²) in [5, 5.41) is 10.6. The number of nitrogen functional groups attached to an aromatic ring is 1. The van der Waals surface area contributed by atoms with Crippen molar-refractivity contribution in [3.8, 4) is 23.1 Å². The standard InChI is InChI=1S/C21H24FN5O2/c1-13-19-15(10-14(25-13)6-7-21(2,3)28)16(12-27(19)8-5-9-29-4)18-17(22)11-24-20(23)26-18/h10-12,28H,5,8-9H2,1-4H3,(H2,23,24,26). The summed E-state index contributed by atoms with van der Waals surface area (Å²) in [5.41, 5.74) is 7.35. The Kier molecular flexibility index (Phi) is 5.82. The molecule has 7 nitrogen and oxygen atoms in total. The quantitative estimate of drug-likeness (QED) is 0.507. The van der Waals surface area contributed by atoms with Crippen LogP contribution in [0.2, 0.25) is 0 Å². The molecule has 0 saturated heterocycles. The minimum Gasteiger partial charge on any atom is -0.385 e. The Balaban J connectivity index is 2.23. The Morgan fingerprint density at radius 2 is 2.10 bits per heavy atom. The Hall–Kier alpha value is -3.02. The molecule has 3 N–H and O–H groups in total. The van der Waals surface area contributed by atoms with Crippen molar-refractivity contribution in [2.75, 3.05) is 19.5 Å². The topological polar surface area (TPSA) is 99.1 Å². The lowest BCUT2D eigenvalue weighted by atomic mass is 10.1. The van der Waals surface area contributed by atoms with E-state index >= 15 is 0 Å². The summed E-state index contributed by atoms with van der Waals surface area (Å²) in [6.07, 6.45) is 3.69. The van der Waals surface area contributed by atoms with E-state index in [1.807, 2.05) is 17.7 Å². The third-order valence-electron chi connectivity index (χ3n) is 4.29. The number of halogens is 1. The van der Waals surface area contributed by atoms with Crippen molar-refractivity contribution in [3.63, 3.8) is 0 Å². The van der Waals surface area contributed by atoms with Crippen LogP contribution >= 0.6 is 0 Å². The van der Waals surface area contributed by atoms with Gasteiger partial charge in [0.15, 0.2) is 5.82 Å². The summed E-state index contributed by atoms with van der Waals surface area (Å²) < 4.78 is 21.7. The van der Waals surface area contributed by atoms with E-state index in [0.29, 0.717) is 24.4 Å². The highest BCUT2D eigenvalue weighted by Crippen LogP contribution is 2.33. The molecular weight excluding hydrogens is 373 g/mol. The molecule has 0 aliphatic rings. The van der Waals surface area contributed by atoms with Crippen molar-refractivity contribution >= 4 is 16.9 Å². The van der Waals surface area contributed by atoms with Gasteiger partial charge in [-0.1, -0.05) is 5.92 Å². The van der Waals surface area contributed by atoms with Gasteiger partial charge in [-0.25, -0.2) is 19.3 Å². The maximum Gasteiger partial charge on any atom is 0.220 e. The molecule has 0 radical (unpaired) electrons. The van der Waals surface area contributed by atoms with Crippen LogP contribution in [0.25, 0.3) is 22.2 Å². The highest BCUT2D eigenvalue weighted by atomic mass is 19.1. The third kappa shape index (κ3) is 4.70. The molecule has 3 heterocycles. The van der Waals surface area contributed by atoms with Crippen molar-refractivity contribution in [1.82, 2.24) is 19.5 Å². The van der Waals surface area contributed by atoms with E-state index < -0.39 is 11.4 Å². The molecule has 0 bridgehead atoms. The number of ether oxygens (including phenoxy) is 1. The van der Waals surface area contributed by atoms with Crippen molar-refractivity contribution in [2.24, 2.45) is 0 Å². The van der Waals surface area contributed by atoms with Crippen molar-refractivity contribution in [3.05, 3.63) is 35.7 Å². The molecule has 0 unspecified atom stereocenters. The fourth-order valence-corrected chi connectivity index (χ4v) is 3.12. The second-order valence-corrected chi connectivity index (χ2v) is 7.31. The van der Waals surface area contributed by atoms with Crippen LogP contribution in [0.15, 0.2) is 18.5 Å². The number of aryl methyl sites for hydroxylation is 2. The van der Waals surface area contributed by atoms with Gasteiger partial charge < -0.3 is 20.1 Å². The number of hydrogen-bond donors (Lipinski definition) is 2. The summed E-state index contributed by atoms with van der Waals surface area (Å²) in [7, 11) is 1.65. The molecular formula is C21H24FN5O2. The van der Waals surface area contributed by atoms with Crippen molar-refractivity contribution in [1.29, 1.82) is 0 Å². The lowest BCUT2D eigenvalue weighted by Gasteiger charge is -2.08. The number of anilines is 1. The molecule has 0 atom stereocenters. The van der Waals surface area contributed by atoms with Gasteiger partial charge in [0.2, 0.25) is 5.95 Å². The minimum atomic E-state index is -1.15. The molecule has 8 heteroatoms. The number of aliphatic hydroxyl groups is 1. The van der Waals surface area contributed by atoms with E-state index in [2.05, 4.69) is 26.8 Å². The van der Waals surface area contributed by atoms with Crippen LogP contribution in [0.4, 0.5) is 10.3 Å². The molecule has 0 aromatic carbocycles. The Bertz CT molecular complexity index is 1110. The van der Waals surface area contributed by atoms with E-state index in [4.69, 9.17) is 10.5 Å². The highest BCUT2D eigenvalue weighted by molar-refractivity contribution is 5.97. The van der Waals surface area contributed by atoms with Crippen LogP contribution in [0.1, 0.15) is 31.7 Å². The summed E-state index contributed by atoms with van der Waals surface area (Å²) in [5.74, 6) is 5.08. The minimum absolute atomic E-state index is 0.00509. The van der Waals surface area contributed by atoms with E-state index in [-0.39, 0.29) is 11.6 Å². The van der Waals surface area contributed by atoms with Gasteiger partial charge in [0.05, 0.1) is 17.4 Å². The maximum absolute atomic E-state index is 14.5. The first-order valence-corrected chi connectivity index (χ1v) is 9.23. The van der Waals surface area contributed by atoms with Crippen LogP contribution in [0.3, 0.4) is 0 Å². The number of rotatable bonds is 5. The van der Waals surface area contributed by atoms with Gasteiger partial charge in [0.25, 0.3) is 0 Å². The average molecular weight is 397 g/mol. The van der Waals surface area contributed by atoms with Gasteiger partial charge in [0, 0.05) is 37.4 Å². The van der Waals surface area contributed by atoms with Crippen LogP contribution in [-0.2, 0) is 11.3 Å². The smallest absolute Gasteiger partial charge is 0.220 e. The predicted molar refractivity (Wildman–Crippen MR) is 110 cm³/mol. The first kappa shape index (κ1) is 20.7. The van der Waals surface area contributed by atoms with E-state index in [1.54, 1.807) is 27.0 Å². The highest BCUT2D eigenvalue weighted by Gasteiger charge is 2.19. The molecule has 3 aromatic rings. The summed E-state index contributed by atoms with van der Waals surface area (Å²) >= 11 is 0. The lowest BCUT2D eigenvalue weighted by Crippen LogP contribution is -2.14. The first-order chi connectivity index (χ1) is 13.7. The van der Waals surface area contributed by atoms with E-state index in [0.717, 1.165) is 29.2 Å². The van der Waals surface area contributed by atoms with E-state index in [1.165, 1.54) is 0 Å². The first-order valence-electron chi connectivity index (χ1n) is 9.23. The fraction of sp³-hybridized carbons (Fsp3) is 0.381. The van der Waals surface area contributed by atoms with Gasteiger partial charge in [-0.3, -0.25) is 0 Å². The molecule has 0 aliphatic carbocycles. The zero-order chi connectivity index (χ0) is 21.2. The van der Waals surface area contributed by atoms with E-state index in [9.17, 15) is 9.50 Å². The normalized spacial score (nSPS) is 11.5. The zero-order valence-electron chi connectivity index (χ0n) is 17.0. The molecule has 0 spiro atoms. The van der Waals surface area contributed by atoms with Crippen molar-refractivity contribution in [2.45, 2.75) is 39.3 Å². The number of fused-ring (bicyclic) bond motifs is 1. The number of hydrogen-bond acceptors (Lipinski definition) is 6. The van der Waals surface area contributed by atoms with Gasteiger partial charge in [-0.2, -0.15) is 0 Å². The van der Waals surface area contributed by atoms with Gasteiger partial charge in [-0.15, -0.1) is 0 Å². The molecule has 3 rings (SSSR count). The second-order valence-electron chi connectivity index (χ2n) is 7.31. The Labute approximate surface area is 168 Å². The summed E-state index contributed by atoms with van der Waals surface area (Å²) in [6.45, 7) is 6.35. The molecule has 29 heavy (non-hydrogen) atoms. The van der Waals surface area contributed by atoms with Crippen LogP contribution in [-0.4, -0.2) is 43.9 Å². The monoisotopic (exact) mass is 397 g/mol. The van der Waals surface area contributed by atoms with Crippen LogP contribution in [0.5, 0.6) is 0 Å². The molecule has 0 fully saturated rings. The number of methoxy groups -OCH3 is 1. The average Bonchev–Trinajstić information content (AvgIpc) is 3.01. The summed E-state index contributed by atoms with van der Waals surface area (Å²) in [4.78, 5) is 12.4. The summed E-state index contributed by atoms with van der Waals surface area (Å²) in [6, 6.07) is 1.78. The molecule has 3 aromatic heterocycles. The molecule has 0 saturated carbocycles. The maximum atomic E-state index is 14.5. The molecule has 0 amide bonds. The molecule has 152 valence electrons. The predicted octanol–water partition coefficient (Wildman–Crippen LogP) is 2.68. The largest absolute Gasteiger partial charge is 0.385 e. The SMILES string of the molecule is COCCCn1cc(-c2nc(N)ncc2F)c2cc(C#CC(C)(C)O)nc(C)c21. The van der Waals surface area contributed by atoms with Crippen molar-refractivity contribution < 1.29 is 14.2 Å². The van der Waals surface area contributed by atoms with Gasteiger partial charge >= 0.3 is 0 Å². The molecule has 0 aliphatic heterocycles. The number of pyridine rings is 1. The zero-order valence-corrected chi connectivity index (χ0v) is 17.0. The lowest BCUT2D eigenvalue weighted by molar-refractivity contribution is 0.143. The number of nitrogens with zero attached hydrogens (tertiary/aromatic N) is 4.